The summed E-state index contributed by atoms with van der Waals surface area (Å²) in [6.45, 7) is 5.12. The van der Waals surface area contributed by atoms with Crippen LogP contribution < -0.4 is 10.5 Å². The van der Waals surface area contributed by atoms with Gasteiger partial charge in [0, 0.05) is 37.4 Å². The molecule has 0 aliphatic carbocycles. The molecule has 2 aromatic rings. The van der Waals surface area contributed by atoms with Crippen LogP contribution >= 0.6 is 20.7 Å². The fourth-order valence-electron chi connectivity index (χ4n) is 4.83. The molecule has 32 heavy (non-hydrogen) atoms. The molecule has 0 spiro atoms. The van der Waals surface area contributed by atoms with Gasteiger partial charge in [-0.05, 0) is 77.1 Å². The standard InChI is InChI=1S/C24H31IN6O/c1-16-14-31-22(25-23(16)29-11-9-18(26)15-29)13-20(28-31)21-8-3-4-10-30(21)24(27)17-6-5-7-19(12-17)32-2/h5-7,12-14,18,21,27H,3-4,8-11,15,26H2,1-2H3/t18-,21-/m0/s1. The lowest BCUT2D eigenvalue weighted by Crippen LogP contribution is -2.38. The van der Waals surface area contributed by atoms with Gasteiger partial charge in [0.15, 0.2) is 0 Å². The molecule has 7 nitrogen and oxygen atoms in total. The molecule has 3 aliphatic heterocycles. The molecule has 5 rings (SSSR count). The van der Waals surface area contributed by atoms with E-state index in [1.165, 1.54) is 19.3 Å². The summed E-state index contributed by atoms with van der Waals surface area (Å²) in [5.41, 5.74) is 9.47. The van der Waals surface area contributed by atoms with Gasteiger partial charge in [-0.15, -0.1) is 0 Å². The minimum absolute atomic E-state index is 0.141. The first kappa shape index (κ1) is 21.8. The van der Waals surface area contributed by atoms with E-state index in [0.717, 1.165) is 55.9 Å². The number of rotatable bonds is 4. The van der Waals surface area contributed by atoms with Crippen molar-refractivity contribution < 1.29 is 4.74 Å². The van der Waals surface area contributed by atoms with E-state index >= 15 is 0 Å². The summed E-state index contributed by atoms with van der Waals surface area (Å²) in [7, 11) is 1.67. The highest BCUT2D eigenvalue weighted by Gasteiger charge is 2.31. The van der Waals surface area contributed by atoms with Gasteiger partial charge >= 0.3 is 0 Å². The SMILES string of the molecule is COc1cccc(C(=N)N2CCCC[C@H]2c2cc3n(n2)C=C(C)C(N2CC[C@H](N)C2)=I3)c1. The number of nitrogens with one attached hydrogen (secondary N) is 1. The predicted octanol–water partition coefficient (Wildman–Crippen LogP) is 3.62. The highest BCUT2D eigenvalue weighted by atomic mass is 127. The first-order valence-electron chi connectivity index (χ1n) is 11.3. The Morgan fingerprint density at radius 3 is 2.88 bits per heavy atom. The molecule has 0 unspecified atom stereocenters. The molecule has 4 heterocycles. The molecule has 0 saturated carbocycles. The van der Waals surface area contributed by atoms with Crippen molar-refractivity contribution in [3.8, 4) is 5.75 Å². The molecule has 0 amide bonds. The Hall–Kier alpha value is -2.04. The topological polar surface area (TPSA) is 83.4 Å². The van der Waals surface area contributed by atoms with Crippen molar-refractivity contribution in [1.82, 2.24) is 19.6 Å². The number of nitrogens with zero attached hydrogens (tertiary/aromatic N) is 4. The molecule has 8 heteroatoms. The van der Waals surface area contributed by atoms with E-state index in [4.69, 9.17) is 21.0 Å². The quantitative estimate of drug-likeness (QED) is 0.348. The number of nitrogens with two attached hydrogens (primary N) is 1. The summed E-state index contributed by atoms with van der Waals surface area (Å²) in [4.78, 5) is 4.72. The van der Waals surface area contributed by atoms with Crippen LogP contribution in [-0.2, 0) is 0 Å². The maximum absolute atomic E-state index is 8.94. The lowest BCUT2D eigenvalue weighted by atomic mass is 9.98. The summed E-state index contributed by atoms with van der Waals surface area (Å²) in [5, 5.41) is 14.0. The number of methoxy groups -OCH3 is 1. The summed E-state index contributed by atoms with van der Waals surface area (Å²) < 4.78 is 10.3. The molecule has 2 atom stereocenters. The molecular weight excluding hydrogens is 515 g/mol. The maximum Gasteiger partial charge on any atom is 0.128 e. The van der Waals surface area contributed by atoms with E-state index in [2.05, 4.69) is 33.7 Å². The van der Waals surface area contributed by atoms with Crippen molar-refractivity contribution in [3.05, 3.63) is 50.9 Å². The third-order valence-electron chi connectivity index (χ3n) is 6.51. The van der Waals surface area contributed by atoms with Gasteiger partial charge in [0.1, 0.15) is 15.3 Å². The van der Waals surface area contributed by atoms with Crippen LogP contribution in [0.3, 0.4) is 0 Å². The number of likely N-dealkylation sites (tertiary alicyclic amines) is 2. The van der Waals surface area contributed by atoms with Gasteiger partial charge in [-0.3, -0.25) is 10.3 Å². The fraction of sp³-hybridized carbons (Fsp3) is 0.458. The highest BCUT2D eigenvalue weighted by Crippen LogP contribution is 2.35. The van der Waals surface area contributed by atoms with E-state index in [-0.39, 0.29) is 26.8 Å². The zero-order valence-corrected chi connectivity index (χ0v) is 20.9. The number of aromatic nitrogens is 2. The predicted molar refractivity (Wildman–Crippen MR) is 137 cm³/mol. The average Bonchev–Trinajstić information content (AvgIpc) is 3.43. The van der Waals surface area contributed by atoms with Crippen LogP contribution in [0.2, 0.25) is 0 Å². The zero-order chi connectivity index (χ0) is 22.2. The Kier molecular flexibility index (Phi) is 6.18. The van der Waals surface area contributed by atoms with Crippen molar-refractivity contribution in [3.63, 3.8) is 0 Å². The van der Waals surface area contributed by atoms with E-state index in [9.17, 15) is 0 Å². The molecule has 170 valence electrons. The molecule has 1 aromatic heterocycles. The normalized spacial score (nSPS) is 23.8. The largest absolute Gasteiger partial charge is 0.497 e. The second-order valence-electron chi connectivity index (χ2n) is 8.81. The van der Waals surface area contributed by atoms with Crippen molar-refractivity contribution >= 4 is 36.4 Å². The van der Waals surface area contributed by atoms with Crippen LogP contribution in [0.25, 0.3) is 6.20 Å². The Labute approximate surface area is 199 Å². The number of fused-ring (bicyclic) bond motifs is 1. The van der Waals surface area contributed by atoms with Gasteiger partial charge in [-0.1, -0.05) is 12.1 Å². The van der Waals surface area contributed by atoms with E-state index in [1.807, 2.05) is 24.3 Å². The van der Waals surface area contributed by atoms with Crippen LogP contribution in [0, 0.1) is 9.11 Å². The highest BCUT2D eigenvalue weighted by molar-refractivity contribution is 14.2. The van der Waals surface area contributed by atoms with Gasteiger partial charge in [-0.25, -0.2) is 4.68 Å². The number of ether oxygens (including phenoxy) is 1. The molecule has 2 saturated heterocycles. The zero-order valence-electron chi connectivity index (χ0n) is 18.7. The van der Waals surface area contributed by atoms with Crippen LogP contribution in [0.5, 0.6) is 5.75 Å². The third kappa shape index (κ3) is 4.15. The molecule has 1 aromatic carbocycles. The van der Waals surface area contributed by atoms with E-state index < -0.39 is 0 Å². The van der Waals surface area contributed by atoms with Crippen LogP contribution in [0.1, 0.15) is 49.9 Å². The lowest BCUT2D eigenvalue weighted by Gasteiger charge is -2.36. The molecule has 3 aliphatic rings. The van der Waals surface area contributed by atoms with Crippen molar-refractivity contribution in [1.29, 1.82) is 5.41 Å². The Morgan fingerprint density at radius 1 is 1.22 bits per heavy atom. The molecule has 3 N–H and O–H groups in total. The summed E-state index contributed by atoms with van der Waals surface area (Å²) in [6.07, 6.45) is 6.56. The first-order chi connectivity index (χ1) is 15.5. The monoisotopic (exact) mass is 546 g/mol. The second-order valence-corrected chi connectivity index (χ2v) is 11.5. The smallest absolute Gasteiger partial charge is 0.128 e. The third-order valence-corrected chi connectivity index (χ3v) is 9.92. The molecule has 0 radical (unpaired) electrons. The Bertz CT molecular complexity index is 1090. The average molecular weight is 546 g/mol. The number of amidine groups is 1. The van der Waals surface area contributed by atoms with Gasteiger partial charge in [0.05, 0.1) is 22.5 Å². The minimum Gasteiger partial charge on any atom is -0.497 e. The molecule has 2 fully saturated rings. The summed E-state index contributed by atoms with van der Waals surface area (Å²) in [5.74, 6) is 1.34. The van der Waals surface area contributed by atoms with Gasteiger partial charge < -0.3 is 15.4 Å². The van der Waals surface area contributed by atoms with Gasteiger partial charge in [-0.2, -0.15) is 5.10 Å². The van der Waals surface area contributed by atoms with Crippen LogP contribution in [0.4, 0.5) is 0 Å². The van der Waals surface area contributed by atoms with Crippen LogP contribution in [0.15, 0.2) is 35.9 Å². The Balaban J connectivity index is 1.43. The number of hydrogen-bond acceptors (Lipinski definition) is 5. The van der Waals surface area contributed by atoms with Crippen molar-refractivity contribution in [2.45, 2.75) is 44.7 Å². The summed E-state index contributed by atoms with van der Waals surface area (Å²) >= 11 is -0.297. The van der Waals surface area contributed by atoms with Crippen molar-refractivity contribution in [2.75, 3.05) is 26.7 Å². The minimum atomic E-state index is -0.297. The van der Waals surface area contributed by atoms with Crippen molar-refractivity contribution in [2.24, 2.45) is 5.73 Å². The number of piperidine rings is 1. The fourth-order valence-corrected chi connectivity index (χ4v) is 7.67. The molecule has 0 bridgehead atoms. The van der Waals surface area contributed by atoms with Gasteiger partial charge in [0.25, 0.3) is 0 Å². The second kappa shape index (κ2) is 9.07. The molecular formula is C24H31IN6O. The van der Waals surface area contributed by atoms with Crippen LogP contribution in [-0.4, -0.2) is 61.8 Å². The van der Waals surface area contributed by atoms with E-state index in [0.29, 0.717) is 11.9 Å². The number of hydrogen-bond donors (Lipinski definition) is 2. The Morgan fingerprint density at radius 2 is 2.09 bits per heavy atom. The first-order valence-corrected chi connectivity index (χ1v) is 13.5. The van der Waals surface area contributed by atoms with E-state index in [1.54, 1.807) is 7.11 Å². The van der Waals surface area contributed by atoms with Gasteiger partial charge in [0.2, 0.25) is 0 Å². The lowest BCUT2D eigenvalue weighted by molar-refractivity contribution is 0.239. The maximum atomic E-state index is 8.94. The number of benzene rings is 1. The summed E-state index contributed by atoms with van der Waals surface area (Å²) in [6, 6.07) is 10.6. The number of halogens is 1.